The summed E-state index contributed by atoms with van der Waals surface area (Å²) in [5.74, 6) is -0.981. The molecule has 5 rings (SSSR count). The van der Waals surface area contributed by atoms with Crippen molar-refractivity contribution < 1.29 is 34.1 Å². The Morgan fingerprint density at radius 3 is 2.56 bits per heavy atom. The van der Waals surface area contributed by atoms with Gasteiger partial charge in [-0.3, -0.25) is 4.79 Å². The summed E-state index contributed by atoms with van der Waals surface area (Å²) in [5.41, 5.74) is 0.477. The lowest BCUT2D eigenvalue weighted by Gasteiger charge is -2.35. The van der Waals surface area contributed by atoms with Crippen molar-refractivity contribution in [1.29, 1.82) is 0 Å². The molecule has 1 aliphatic carbocycles. The largest absolute Gasteiger partial charge is 0.507 e. The molecular formula is C31H41N3O7. The van der Waals surface area contributed by atoms with Crippen molar-refractivity contribution >= 4 is 28.9 Å². The van der Waals surface area contributed by atoms with E-state index in [-0.39, 0.29) is 36.6 Å². The molecular weight excluding hydrogens is 526 g/mol. The topological polar surface area (TPSA) is 138 Å². The number of nitrogens with one attached hydrogen (secondary N) is 1. The molecule has 1 saturated carbocycles. The van der Waals surface area contributed by atoms with Crippen LogP contribution in [0.15, 0.2) is 24.3 Å². The van der Waals surface area contributed by atoms with Gasteiger partial charge in [-0.25, -0.2) is 14.6 Å². The Morgan fingerprint density at radius 2 is 1.80 bits per heavy atom. The van der Waals surface area contributed by atoms with Gasteiger partial charge in [0, 0.05) is 11.8 Å². The van der Waals surface area contributed by atoms with Gasteiger partial charge in [0.2, 0.25) is 11.8 Å². The third-order valence-corrected chi connectivity index (χ3v) is 8.76. The number of ether oxygens (including phenoxy) is 2. The standard InChI is InChI=1S/C31H41N3O7/c1-31(2,3)26-28(36)34-17-19(16-23(34)29(37)38)40-27-21(25(35)20-12-7-8-14-22(20)32-27)13-6-4-5-10-18-11-9-15-24(18)41-30(39)33-26/h7-8,12,14,18-19,23-24,26H,4-6,9-11,13,15-17H2,1-3H3,(H,32,35)(H,33,39)(H,37,38)/t18-,19-,23+,24-,26-/m1/s1. The molecule has 10 heteroatoms. The minimum atomic E-state index is -1.14. The Kier molecular flexibility index (Phi) is 8.29. The minimum Gasteiger partial charge on any atom is -0.507 e. The van der Waals surface area contributed by atoms with E-state index < -0.39 is 41.6 Å². The number of carboxylic acids is 1. The Bertz CT molecular complexity index is 1310. The van der Waals surface area contributed by atoms with Gasteiger partial charge in [-0.1, -0.05) is 45.7 Å². The summed E-state index contributed by atoms with van der Waals surface area (Å²) >= 11 is 0. The third-order valence-electron chi connectivity index (χ3n) is 8.76. The highest BCUT2D eigenvalue weighted by Crippen LogP contribution is 2.38. The number of carbonyl (C=O) groups excluding carboxylic acids is 2. The molecule has 0 unspecified atom stereocenters. The SMILES string of the molecule is CC(C)(C)[C@@H]1NC(=O)O[C@@H]2CCC[C@H]2CCCCCc2c(nc3ccccc3c2O)O[C@@H]2C[C@@H](C(=O)O)N(C2)C1=O. The number of carboxylic acid groups (broad SMARTS) is 1. The summed E-state index contributed by atoms with van der Waals surface area (Å²) < 4.78 is 12.2. The molecule has 0 spiro atoms. The number of nitrogens with zero attached hydrogens (tertiary/aromatic N) is 2. The van der Waals surface area contributed by atoms with E-state index in [1.54, 1.807) is 6.07 Å². The fourth-order valence-corrected chi connectivity index (χ4v) is 6.53. The number of pyridine rings is 1. The average Bonchev–Trinajstić information content (AvgIpc) is 3.54. The van der Waals surface area contributed by atoms with Crippen LogP contribution in [0.5, 0.6) is 11.6 Å². The molecule has 3 aliphatic rings. The van der Waals surface area contributed by atoms with Gasteiger partial charge in [0.1, 0.15) is 30.0 Å². The van der Waals surface area contributed by atoms with Gasteiger partial charge in [0.15, 0.2) is 0 Å². The second-order valence-corrected chi connectivity index (χ2v) is 12.8. The first-order valence-corrected chi connectivity index (χ1v) is 14.8. The van der Waals surface area contributed by atoms with Crippen LogP contribution in [-0.4, -0.2) is 68.9 Å². The normalized spacial score (nSPS) is 28.1. The van der Waals surface area contributed by atoms with E-state index >= 15 is 0 Å². The smallest absolute Gasteiger partial charge is 0.408 e. The van der Waals surface area contributed by atoms with Crippen LogP contribution in [0.3, 0.4) is 0 Å². The van der Waals surface area contributed by atoms with Crippen molar-refractivity contribution in [2.24, 2.45) is 11.3 Å². The molecule has 10 nitrogen and oxygen atoms in total. The maximum absolute atomic E-state index is 13.9. The number of amides is 2. The third kappa shape index (κ3) is 6.21. The Labute approximate surface area is 240 Å². The lowest BCUT2D eigenvalue weighted by molar-refractivity contribution is -0.150. The molecule has 2 fully saturated rings. The van der Waals surface area contributed by atoms with E-state index in [2.05, 4.69) is 5.32 Å². The Balaban J connectivity index is 1.50. The van der Waals surface area contributed by atoms with Crippen LogP contribution in [0.25, 0.3) is 10.9 Å². The molecule has 2 amide bonds. The maximum Gasteiger partial charge on any atom is 0.408 e. The summed E-state index contributed by atoms with van der Waals surface area (Å²) in [4.78, 5) is 45.2. The van der Waals surface area contributed by atoms with Crippen molar-refractivity contribution in [3.8, 4) is 11.6 Å². The van der Waals surface area contributed by atoms with Crippen molar-refractivity contribution in [2.75, 3.05) is 6.54 Å². The molecule has 222 valence electrons. The second-order valence-electron chi connectivity index (χ2n) is 12.8. The molecule has 1 aromatic carbocycles. The molecule has 5 atom stereocenters. The summed E-state index contributed by atoms with van der Waals surface area (Å²) in [7, 11) is 0. The van der Waals surface area contributed by atoms with Crippen molar-refractivity contribution in [3.05, 3.63) is 29.8 Å². The van der Waals surface area contributed by atoms with Gasteiger partial charge in [0.25, 0.3) is 0 Å². The lowest BCUT2D eigenvalue weighted by atomic mass is 9.85. The van der Waals surface area contributed by atoms with Crippen LogP contribution < -0.4 is 10.1 Å². The average molecular weight is 568 g/mol. The quantitative estimate of drug-likeness (QED) is 0.447. The van der Waals surface area contributed by atoms with Crippen molar-refractivity contribution in [3.63, 3.8) is 0 Å². The fourth-order valence-electron chi connectivity index (χ4n) is 6.53. The number of carbonyl (C=O) groups is 3. The monoisotopic (exact) mass is 567 g/mol. The van der Waals surface area contributed by atoms with Gasteiger partial charge >= 0.3 is 12.1 Å². The summed E-state index contributed by atoms with van der Waals surface area (Å²) in [5, 5.41) is 24.7. The van der Waals surface area contributed by atoms with E-state index in [1.165, 1.54) is 4.90 Å². The second kappa shape index (κ2) is 11.7. The minimum absolute atomic E-state index is 0.0124. The predicted molar refractivity (Wildman–Crippen MR) is 152 cm³/mol. The van der Waals surface area contributed by atoms with Gasteiger partial charge in [-0.05, 0) is 62.0 Å². The number of para-hydroxylation sites is 1. The zero-order valence-electron chi connectivity index (χ0n) is 24.1. The zero-order chi connectivity index (χ0) is 29.3. The van der Waals surface area contributed by atoms with Crippen LogP contribution in [0.4, 0.5) is 4.79 Å². The molecule has 0 radical (unpaired) electrons. The van der Waals surface area contributed by atoms with Crippen LogP contribution in [0, 0.1) is 11.3 Å². The highest BCUT2D eigenvalue weighted by atomic mass is 16.6. The molecule has 3 N–H and O–H groups in total. The Hall–Kier alpha value is -3.56. The highest BCUT2D eigenvalue weighted by molar-refractivity contribution is 5.90. The van der Waals surface area contributed by atoms with Crippen molar-refractivity contribution in [1.82, 2.24) is 15.2 Å². The molecule has 3 heterocycles. The number of alkyl carbamates (subject to hydrolysis) is 1. The first-order valence-electron chi connectivity index (χ1n) is 14.8. The summed E-state index contributed by atoms with van der Waals surface area (Å²) in [6.07, 6.45) is 5.50. The first kappa shape index (κ1) is 29.0. The number of aliphatic carboxylic acids is 1. The van der Waals surface area contributed by atoms with Gasteiger partial charge in [0.05, 0.1) is 17.6 Å². The molecule has 2 aliphatic heterocycles. The number of hydrogen-bond acceptors (Lipinski definition) is 7. The number of fused-ring (bicyclic) bond motifs is 5. The molecule has 2 aromatic rings. The van der Waals surface area contributed by atoms with Gasteiger partial charge < -0.3 is 29.9 Å². The van der Waals surface area contributed by atoms with E-state index in [1.807, 2.05) is 39.0 Å². The van der Waals surface area contributed by atoms with Crippen LogP contribution in [0.1, 0.15) is 77.7 Å². The van der Waals surface area contributed by atoms with Crippen LogP contribution in [0.2, 0.25) is 0 Å². The van der Waals surface area contributed by atoms with E-state index in [0.29, 0.717) is 22.9 Å². The number of rotatable bonds is 1. The number of aromatic nitrogens is 1. The van der Waals surface area contributed by atoms with Gasteiger partial charge in [-0.2, -0.15) is 0 Å². The highest BCUT2D eigenvalue weighted by Gasteiger charge is 2.46. The van der Waals surface area contributed by atoms with Gasteiger partial charge in [-0.15, -0.1) is 0 Å². The lowest BCUT2D eigenvalue weighted by Crippen LogP contribution is -2.57. The van der Waals surface area contributed by atoms with E-state index in [4.69, 9.17) is 14.5 Å². The Morgan fingerprint density at radius 1 is 1.05 bits per heavy atom. The zero-order valence-corrected chi connectivity index (χ0v) is 24.1. The molecule has 41 heavy (non-hydrogen) atoms. The maximum atomic E-state index is 13.9. The van der Waals surface area contributed by atoms with E-state index in [0.717, 1.165) is 44.9 Å². The van der Waals surface area contributed by atoms with E-state index in [9.17, 15) is 24.6 Å². The van der Waals surface area contributed by atoms with Crippen LogP contribution in [-0.2, 0) is 20.7 Å². The summed E-state index contributed by atoms with van der Waals surface area (Å²) in [6.45, 7) is 5.49. The van der Waals surface area contributed by atoms with Crippen molar-refractivity contribution in [2.45, 2.75) is 103 Å². The predicted octanol–water partition coefficient (Wildman–Crippen LogP) is 4.80. The number of hydrogen-bond donors (Lipinski definition) is 3. The summed E-state index contributed by atoms with van der Waals surface area (Å²) in [6, 6.07) is 5.17. The number of aromatic hydroxyl groups is 1. The molecule has 1 saturated heterocycles. The number of benzene rings is 1. The molecule has 2 bridgehead atoms. The molecule has 1 aromatic heterocycles. The first-order chi connectivity index (χ1) is 19.5. The van der Waals surface area contributed by atoms with Crippen LogP contribution >= 0.6 is 0 Å². The fraction of sp³-hybridized carbons (Fsp3) is 0.613.